The van der Waals surface area contributed by atoms with E-state index in [1.165, 1.54) is 19.2 Å². The first-order chi connectivity index (χ1) is 14.1. The second-order valence-corrected chi connectivity index (χ2v) is 5.78. The summed E-state index contributed by atoms with van der Waals surface area (Å²) >= 11 is 0. The Balaban J connectivity index is 0.000000291. The van der Waals surface area contributed by atoms with Gasteiger partial charge in [0, 0.05) is 23.2 Å². The van der Waals surface area contributed by atoms with Gasteiger partial charge in [-0.15, -0.1) is 5.10 Å². The topological polar surface area (TPSA) is 163 Å². The molecule has 0 aliphatic rings. The number of rotatable bonds is 3. The molecule has 0 amide bonds. The van der Waals surface area contributed by atoms with E-state index in [9.17, 15) is 10.2 Å². The summed E-state index contributed by atoms with van der Waals surface area (Å²) in [6.07, 6.45) is 4.75. The maximum Gasteiger partial charge on any atom is 2.00 e. The van der Waals surface area contributed by atoms with Crippen LogP contribution in [-0.4, -0.2) is 34.8 Å². The molecule has 4 N–H and O–H groups in total. The fraction of sp³-hybridized carbons (Fsp3) is 0.0476. The number of aromatic nitrogens is 2. The molecule has 0 fully saturated rings. The van der Waals surface area contributed by atoms with Crippen molar-refractivity contribution in [2.24, 2.45) is 15.9 Å². The molecule has 0 unspecified atom stereocenters. The molecule has 0 bridgehead atoms. The van der Waals surface area contributed by atoms with Gasteiger partial charge in [0.1, 0.15) is 5.75 Å². The van der Waals surface area contributed by atoms with E-state index in [4.69, 9.17) is 10.5 Å². The summed E-state index contributed by atoms with van der Waals surface area (Å²) in [5.41, 5.74) is 6.96. The van der Waals surface area contributed by atoms with Gasteiger partial charge in [-0.05, 0) is 23.8 Å². The van der Waals surface area contributed by atoms with Gasteiger partial charge < -0.3 is 26.2 Å². The Kier molecular flexibility index (Phi) is 9.84. The Bertz CT molecular complexity index is 1140. The van der Waals surface area contributed by atoms with Crippen molar-refractivity contribution in [2.75, 3.05) is 7.11 Å². The molecule has 0 aliphatic heterocycles. The molecular weight excluding hydrogens is 445 g/mol. The van der Waals surface area contributed by atoms with Crippen molar-refractivity contribution in [1.29, 1.82) is 0 Å². The maximum atomic E-state index is 11.5. The molecule has 0 saturated carbocycles. The van der Waals surface area contributed by atoms with Gasteiger partial charge >= 0.3 is 16.5 Å². The zero-order chi connectivity index (χ0) is 20.6. The smallest absolute Gasteiger partial charge is 0.870 e. The number of amidine groups is 1. The second-order valence-electron chi connectivity index (χ2n) is 5.78. The SMILES string of the molecule is COc1cccc(C=N/N=C(/N)[O-])c1[O-].O.[Ni+2].c1cnc2c(c1)ccc1cccnc12. The molecule has 0 saturated heterocycles. The van der Waals surface area contributed by atoms with Crippen molar-refractivity contribution in [3.63, 3.8) is 0 Å². The van der Waals surface area contributed by atoms with Crippen LogP contribution in [0.2, 0.25) is 0 Å². The first kappa shape index (κ1) is 25.3. The van der Waals surface area contributed by atoms with Gasteiger partial charge in [-0.1, -0.05) is 42.1 Å². The Morgan fingerprint density at radius 1 is 0.968 bits per heavy atom. The van der Waals surface area contributed by atoms with Gasteiger partial charge in [0.05, 0.1) is 30.4 Å². The van der Waals surface area contributed by atoms with Crippen molar-refractivity contribution < 1.29 is 36.9 Å². The van der Waals surface area contributed by atoms with Crippen molar-refractivity contribution >= 4 is 34.0 Å². The van der Waals surface area contributed by atoms with Gasteiger partial charge in [0.25, 0.3) is 0 Å². The largest absolute Gasteiger partial charge is 2.00 e. The van der Waals surface area contributed by atoms with Crippen molar-refractivity contribution in [3.05, 3.63) is 72.6 Å². The van der Waals surface area contributed by atoms with Gasteiger partial charge in [-0.2, -0.15) is 5.10 Å². The summed E-state index contributed by atoms with van der Waals surface area (Å²) in [6.45, 7) is 0. The van der Waals surface area contributed by atoms with Crippen LogP contribution in [-0.2, 0) is 16.5 Å². The van der Waals surface area contributed by atoms with E-state index in [1.54, 1.807) is 18.5 Å². The third-order valence-electron chi connectivity index (χ3n) is 3.93. The van der Waals surface area contributed by atoms with Gasteiger partial charge in [0.2, 0.25) is 0 Å². The number of fused-ring (bicyclic) bond motifs is 3. The third-order valence-corrected chi connectivity index (χ3v) is 3.93. The number of para-hydroxylation sites is 1. The van der Waals surface area contributed by atoms with E-state index in [-0.39, 0.29) is 39.0 Å². The molecule has 4 rings (SSSR count). The van der Waals surface area contributed by atoms with Crippen LogP contribution in [0.1, 0.15) is 5.56 Å². The fourth-order valence-electron chi connectivity index (χ4n) is 2.62. The molecule has 0 atom stereocenters. The minimum atomic E-state index is -0.915. The molecule has 0 aliphatic carbocycles. The van der Waals surface area contributed by atoms with Crippen molar-refractivity contribution in [2.45, 2.75) is 0 Å². The fourth-order valence-corrected chi connectivity index (χ4v) is 2.62. The van der Waals surface area contributed by atoms with Crippen LogP contribution in [0.3, 0.4) is 0 Å². The van der Waals surface area contributed by atoms with Crippen LogP contribution in [0.4, 0.5) is 0 Å². The molecule has 10 heteroatoms. The Hall–Kier alpha value is -3.75. The number of hydrogen-bond donors (Lipinski definition) is 1. The average molecular weight is 464 g/mol. The molecule has 2 aromatic carbocycles. The number of nitrogens with two attached hydrogens (primary N) is 1. The van der Waals surface area contributed by atoms with E-state index in [2.05, 4.69) is 44.4 Å². The van der Waals surface area contributed by atoms with E-state index >= 15 is 0 Å². The van der Waals surface area contributed by atoms with E-state index < -0.39 is 6.02 Å². The number of hydrogen-bond acceptors (Lipinski definition) is 7. The Morgan fingerprint density at radius 2 is 1.55 bits per heavy atom. The van der Waals surface area contributed by atoms with Crippen LogP contribution in [0.5, 0.6) is 11.5 Å². The standard InChI is InChI=1S/C12H8N2.C9H11N3O3.Ni.H2O/c1-3-9-5-6-10-4-2-8-14-12(10)11(9)13-7-1;1-15-7-4-2-3-6(8(7)13)5-11-12-9(10)14;;/h1-8H;2-5,13H,1H3,(H3,10,12,14);;1H2/q;;+2;/p-2. The van der Waals surface area contributed by atoms with E-state index in [1.807, 2.05) is 12.1 Å². The summed E-state index contributed by atoms with van der Waals surface area (Å²) in [4.78, 5) is 8.69. The average Bonchev–Trinajstić information content (AvgIpc) is 2.75. The normalized spacial score (nSPS) is 10.7. The van der Waals surface area contributed by atoms with Gasteiger partial charge in [0.15, 0.2) is 0 Å². The molecule has 4 aromatic rings. The molecule has 9 nitrogen and oxygen atoms in total. The Labute approximate surface area is 188 Å². The van der Waals surface area contributed by atoms with Crippen LogP contribution in [0, 0.1) is 0 Å². The monoisotopic (exact) mass is 463 g/mol. The van der Waals surface area contributed by atoms with Crippen LogP contribution in [0.15, 0.2) is 77.2 Å². The molecule has 0 spiro atoms. The molecule has 2 heterocycles. The molecular formula is C21H19N5NiO4. The summed E-state index contributed by atoms with van der Waals surface area (Å²) in [5, 5.41) is 30.4. The predicted octanol–water partition coefficient (Wildman–Crippen LogP) is 0.734. The van der Waals surface area contributed by atoms with Crippen molar-refractivity contribution in [3.8, 4) is 11.5 Å². The first-order valence-corrected chi connectivity index (χ1v) is 8.56. The molecule has 0 radical (unpaired) electrons. The minimum absolute atomic E-state index is 0. The van der Waals surface area contributed by atoms with Crippen molar-refractivity contribution in [1.82, 2.24) is 9.97 Å². The summed E-state index contributed by atoms with van der Waals surface area (Å²) in [5.74, 6) is -0.110. The number of methoxy groups -OCH3 is 1. The predicted molar refractivity (Wildman–Crippen MR) is 112 cm³/mol. The number of benzene rings is 2. The second kappa shape index (κ2) is 12.1. The zero-order valence-electron chi connectivity index (χ0n) is 16.3. The number of ether oxygens (including phenoxy) is 1. The van der Waals surface area contributed by atoms with Gasteiger partial charge in [-0.25, -0.2) is 0 Å². The minimum Gasteiger partial charge on any atom is -0.870 e. The third kappa shape index (κ3) is 6.37. The van der Waals surface area contributed by atoms with Crippen LogP contribution < -0.4 is 20.7 Å². The van der Waals surface area contributed by atoms with E-state index in [0.717, 1.165) is 28.0 Å². The summed E-state index contributed by atoms with van der Waals surface area (Å²) < 4.78 is 4.82. The number of nitrogens with zero attached hydrogens (tertiary/aromatic N) is 4. The van der Waals surface area contributed by atoms with Crippen LogP contribution in [0.25, 0.3) is 21.8 Å². The number of pyridine rings is 2. The molecule has 162 valence electrons. The summed E-state index contributed by atoms with van der Waals surface area (Å²) in [6, 6.07) is 15.9. The molecule has 2 aromatic heterocycles. The van der Waals surface area contributed by atoms with Gasteiger partial charge in [-0.3, -0.25) is 9.97 Å². The van der Waals surface area contributed by atoms with E-state index in [0.29, 0.717) is 0 Å². The quantitative estimate of drug-likeness (QED) is 0.155. The maximum absolute atomic E-state index is 11.5. The summed E-state index contributed by atoms with van der Waals surface area (Å²) in [7, 11) is 1.39. The van der Waals surface area contributed by atoms with Crippen LogP contribution >= 0.6 is 0 Å². The molecule has 31 heavy (non-hydrogen) atoms. The first-order valence-electron chi connectivity index (χ1n) is 8.56. The Morgan fingerprint density at radius 3 is 2.06 bits per heavy atom. The zero-order valence-corrected chi connectivity index (χ0v) is 17.3.